The molecule has 0 spiro atoms. The molecule has 0 aliphatic carbocycles. The lowest BCUT2D eigenvalue weighted by molar-refractivity contribution is 0.384. The summed E-state index contributed by atoms with van der Waals surface area (Å²) >= 11 is 2.94. The molecule has 44 heavy (non-hydrogen) atoms. The van der Waals surface area contributed by atoms with E-state index >= 15 is 0 Å². The van der Waals surface area contributed by atoms with Crippen molar-refractivity contribution < 1.29 is 8.42 Å². The fourth-order valence-electron chi connectivity index (χ4n) is 5.31. The molecule has 0 amide bonds. The molecule has 9 nitrogen and oxygen atoms in total. The van der Waals surface area contributed by atoms with Gasteiger partial charge < -0.3 is 15.5 Å². The molecular formula is C32H35N7O2S3. The van der Waals surface area contributed by atoms with Crippen LogP contribution in [0.3, 0.4) is 0 Å². The van der Waals surface area contributed by atoms with Crippen LogP contribution < -0.4 is 15.5 Å². The molecule has 1 aliphatic heterocycles. The number of nitrogen functional groups attached to an aromatic ring is 1. The number of anilines is 3. The molecule has 3 aromatic carbocycles. The third kappa shape index (κ3) is 6.48. The van der Waals surface area contributed by atoms with Crippen molar-refractivity contribution in [3.8, 4) is 11.3 Å². The summed E-state index contributed by atoms with van der Waals surface area (Å²) in [7, 11) is 0.455. The molecule has 2 N–H and O–H groups in total. The van der Waals surface area contributed by atoms with E-state index < -0.39 is 10.0 Å². The second kappa shape index (κ2) is 12.6. The van der Waals surface area contributed by atoms with Crippen LogP contribution in [0, 0.1) is 6.92 Å². The first kappa shape index (κ1) is 30.2. The fourth-order valence-corrected chi connectivity index (χ4v) is 8.13. The van der Waals surface area contributed by atoms with Gasteiger partial charge in [0.15, 0.2) is 5.82 Å². The van der Waals surface area contributed by atoms with Crippen molar-refractivity contribution in [3.63, 3.8) is 0 Å². The number of rotatable bonds is 9. The maximum Gasteiger partial charge on any atom is 0.243 e. The van der Waals surface area contributed by atoms with Crippen LogP contribution >= 0.6 is 22.9 Å². The molecule has 3 heterocycles. The van der Waals surface area contributed by atoms with Crippen LogP contribution in [0.15, 0.2) is 83.1 Å². The Kier molecular flexibility index (Phi) is 8.68. The molecule has 1 atom stereocenters. The van der Waals surface area contributed by atoms with Crippen LogP contribution in [0.5, 0.6) is 0 Å². The molecule has 0 bridgehead atoms. The summed E-state index contributed by atoms with van der Waals surface area (Å²) in [6, 6.07) is 23.5. The summed E-state index contributed by atoms with van der Waals surface area (Å²) in [5.74, 6) is 0.723. The van der Waals surface area contributed by atoms with E-state index in [1.165, 1.54) is 17.1 Å². The zero-order valence-corrected chi connectivity index (χ0v) is 27.4. The molecule has 228 valence electrons. The van der Waals surface area contributed by atoms with Crippen LogP contribution in [0.4, 0.5) is 16.5 Å². The number of nitrogens with zero attached hydrogens (tertiary/aromatic N) is 6. The average molecular weight is 646 g/mol. The highest BCUT2D eigenvalue weighted by Crippen LogP contribution is 2.32. The van der Waals surface area contributed by atoms with Crippen LogP contribution in [0.2, 0.25) is 0 Å². The second-order valence-corrected chi connectivity index (χ2v) is 14.8. The lowest BCUT2D eigenvalue weighted by Crippen LogP contribution is -2.48. The highest BCUT2D eigenvalue weighted by atomic mass is 32.2. The van der Waals surface area contributed by atoms with Crippen LogP contribution in [-0.4, -0.2) is 67.3 Å². The Morgan fingerprint density at radius 2 is 1.59 bits per heavy atom. The topological polar surface area (TPSA) is 109 Å². The average Bonchev–Trinajstić information content (AvgIpc) is 3.70. The second-order valence-electron chi connectivity index (χ2n) is 11.1. The number of aromatic nitrogens is 3. The van der Waals surface area contributed by atoms with Crippen molar-refractivity contribution in [2.24, 2.45) is 0 Å². The monoisotopic (exact) mass is 645 g/mol. The predicted octanol–water partition coefficient (Wildman–Crippen LogP) is 5.50. The van der Waals surface area contributed by atoms with Gasteiger partial charge in [-0.15, -0.1) is 11.3 Å². The number of thiazole rings is 1. The largest absolute Gasteiger partial charge is 0.399 e. The number of aryl methyl sites for hydroxylation is 1. The van der Waals surface area contributed by atoms with Gasteiger partial charge in [0, 0.05) is 80.0 Å². The minimum atomic E-state index is -3.61. The molecule has 1 saturated heterocycles. The molecule has 0 saturated carbocycles. The van der Waals surface area contributed by atoms with E-state index in [-0.39, 0.29) is 5.92 Å². The molecule has 1 aliphatic rings. The van der Waals surface area contributed by atoms with E-state index in [4.69, 9.17) is 15.1 Å². The Labute approximate surface area is 266 Å². The Balaban J connectivity index is 1.15. The number of benzene rings is 3. The smallest absolute Gasteiger partial charge is 0.243 e. The predicted molar refractivity (Wildman–Crippen MR) is 180 cm³/mol. The molecule has 12 heteroatoms. The van der Waals surface area contributed by atoms with Crippen molar-refractivity contribution >= 4 is 49.4 Å². The van der Waals surface area contributed by atoms with Crippen molar-refractivity contribution in [2.45, 2.75) is 24.2 Å². The van der Waals surface area contributed by atoms with Gasteiger partial charge in [-0.1, -0.05) is 36.4 Å². The zero-order chi connectivity index (χ0) is 30.8. The van der Waals surface area contributed by atoms with Crippen LogP contribution in [0.1, 0.15) is 27.9 Å². The number of piperazine rings is 1. The summed E-state index contributed by atoms with van der Waals surface area (Å²) < 4.78 is 33.2. The van der Waals surface area contributed by atoms with E-state index in [1.54, 1.807) is 27.8 Å². The van der Waals surface area contributed by atoms with Crippen molar-refractivity contribution in [3.05, 3.63) is 100 Å². The number of sulfonamides is 1. The number of hydrogen-bond donors (Lipinski definition) is 1. The number of hydrogen-bond acceptors (Lipinski definition) is 10. The Hall–Kier alpha value is -3.84. The quantitative estimate of drug-likeness (QED) is 0.209. The SMILES string of the molecule is Cc1nc(-c2ccc(S(=O)(=O)N3CCN(c4nc(C(Cc5ccc(N(C)C)cc5)c5ccc(N)cc5)ns4)CC3)cc2)cs1. The van der Waals surface area contributed by atoms with E-state index in [9.17, 15) is 8.42 Å². The van der Waals surface area contributed by atoms with Gasteiger partial charge in [-0.2, -0.15) is 8.68 Å². The maximum atomic E-state index is 13.4. The van der Waals surface area contributed by atoms with Gasteiger partial charge in [0.2, 0.25) is 15.2 Å². The first-order valence-electron chi connectivity index (χ1n) is 14.4. The third-order valence-electron chi connectivity index (χ3n) is 7.89. The van der Waals surface area contributed by atoms with Crippen LogP contribution in [0.25, 0.3) is 11.3 Å². The molecule has 1 fully saturated rings. The minimum Gasteiger partial charge on any atom is -0.399 e. The summed E-state index contributed by atoms with van der Waals surface area (Å²) in [6.45, 7) is 3.80. The molecule has 6 rings (SSSR count). The van der Waals surface area contributed by atoms with E-state index in [2.05, 4.69) is 39.0 Å². The van der Waals surface area contributed by atoms with Gasteiger partial charge in [0.25, 0.3) is 0 Å². The van der Waals surface area contributed by atoms with Gasteiger partial charge in [0.05, 0.1) is 15.6 Å². The summed E-state index contributed by atoms with van der Waals surface area (Å²) in [5, 5.41) is 3.77. The minimum absolute atomic E-state index is 0.0383. The van der Waals surface area contributed by atoms with Crippen molar-refractivity contribution in [2.75, 3.05) is 55.8 Å². The first-order chi connectivity index (χ1) is 21.2. The molecular weight excluding hydrogens is 611 g/mol. The van der Waals surface area contributed by atoms with E-state index in [1.807, 2.05) is 62.8 Å². The van der Waals surface area contributed by atoms with Crippen LogP contribution in [-0.2, 0) is 16.4 Å². The summed E-state index contributed by atoms with van der Waals surface area (Å²) in [4.78, 5) is 14.0. The van der Waals surface area contributed by atoms with Crippen molar-refractivity contribution in [1.29, 1.82) is 0 Å². The highest BCUT2D eigenvalue weighted by Gasteiger charge is 2.30. The highest BCUT2D eigenvalue weighted by molar-refractivity contribution is 7.89. The molecule has 0 radical (unpaired) electrons. The van der Waals surface area contributed by atoms with E-state index in [0.29, 0.717) is 36.8 Å². The number of nitrogens with two attached hydrogens (primary N) is 1. The van der Waals surface area contributed by atoms with Gasteiger partial charge >= 0.3 is 0 Å². The van der Waals surface area contributed by atoms with Gasteiger partial charge in [-0.25, -0.2) is 18.4 Å². The maximum absolute atomic E-state index is 13.4. The summed E-state index contributed by atoms with van der Waals surface area (Å²) in [5.41, 5.74) is 11.9. The fraction of sp³-hybridized carbons (Fsp3) is 0.281. The molecule has 2 aromatic heterocycles. The van der Waals surface area contributed by atoms with E-state index in [0.717, 1.165) is 44.9 Å². The van der Waals surface area contributed by atoms with Gasteiger partial charge in [0.1, 0.15) is 0 Å². The van der Waals surface area contributed by atoms with Crippen molar-refractivity contribution in [1.82, 2.24) is 18.6 Å². The lowest BCUT2D eigenvalue weighted by atomic mass is 9.91. The Bertz CT molecular complexity index is 1810. The lowest BCUT2D eigenvalue weighted by Gasteiger charge is -2.33. The normalized spacial score (nSPS) is 14.9. The summed E-state index contributed by atoms with van der Waals surface area (Å²) in [6.07, 6.45) is 0.751. The standard InChI is InChI=1S/C32H35N7O2S3/c1-22-34-30(21-42-22)25-8-14-28(15-9-25)44(40,41)39-18-16-38(17-19-39)32-35-31(36-43-32)29(24-6-10-26(33)11-7-24)20-23-4-12-27(13-5-23)37(2)3/h4-15,21,29H,16-20,33H2,1-3H3. The van der Waals surface area contributed by atoms with Gasteiger partial charge in [-0.05, 0) is 60.9 Å². The van der Waals surface area contributed by atoms with Gasteiger partial charge in [-0.3, -0.25) is 0 Å². The molecule has 5 aromatic rings. The molecule has 1 unspecified atom stereocenters. The Morgan fingerprint density at radius 1 is 0.909 bits per heavy atom. The Morgan fingerprint density at radius 3 is 2.20 bits per heavy atom. The first-order valence-corrected chi connectivity index (χ1v) is 17.5. The zero-order valence-electron chi connectivity index (χ0n) is 24.9. The third-order valence-corrected chi connectivity index (χ3v) is 11.4.